The molecule has 1 heterocycles. The van der Waals surface area contributed by atoms with Gasteiger partial charge in [0.05, 0.1) is 5.41 Å². The van der Waals surface area contributed by atoms with Crippen LogP contribution < -0.4 is 0 Å². The zero-order valence-corrected chi connectivity index (χ0v) is 14.6. The molecule has 4 aliphatic rings. The van der Waals surface area contributed by atoms with Gasteiger partial charge in [0.25, 0.3) is 0 Å². The molecule has 0 aromatic carbocycles. The van der Waals surface area contributed by atoms with Crippen molar-refractivity contribution in [3.8, 4) is 0 Å². The second kappa shape index (κ2) is 4.29. The summed E-state index contributed by atoms with van der Waals surface area (Å²) in [5.74, 6) is 0.390. The maximum atomic E-state index is 13.1. The molecule has 23 heavy (non-hydrogen) atoms. The van der Waals surface area contributed by atoms with Crippen molar-refractivity contribution in [3.05, 3.63) is 12.7 Å². The van der Waals surface area contributed by atoms with Crippen LogP contribution in [-0.4, -0.2) is 17.4 Å². The van der Waals surface area contributed by atoms with Crippen molar-refractivity contribution < 1.29 is 14.3 Å². The number of rotatable bonds is 1. The predicted molar refractivity (Wildman–Crippen MR) is 87.6 cm³/mol. The van der Waals surface area contributed by atoms with Gasteiger partial charge in [0, 0.05) is 23.7 Å². The summed E-state index contributed by atoms with van der Waals surface area (Å²) < 4.78 is 6.19. The Morgan fingerprint density at radius 1 is 1.13 bits per heavy atom. The first-order chi connectivity index (χ1) is 10.7. The van der Waals surface area contributed by atoms with Crippen molar-refractivity contribution in [2.45, 2.75) is 71.3 Å². The second-order valence-electron chi connectivity index (χ2n) is 9.31. The van der Waals surface area contributed by atoms with Gasteiger partial charge in [0.15, 0.2) is 0 Å². The average Bonchev–Trinajstić information content (AvgIpc) is 2.64. The molecule has 3 heteroatoms. The lowest BCUT2D eigenvalue weighted by Crippen LogP contribution is -2.65. The Labute approximate surface area is 138 Å². The molecule has 0 amide bonds. The third-order valence-electron chi connectivity index (χ3n) is 8.23. The summed E-state index contributed by atoms with van der Waals surface area (Å²) in [6.45, 7) is 10.5. The monoisotopic (exact) mass is 316 g/mol. The fourth-order valence-corrected chi connectivity index (χ4v) is 6.44. The zero-order chi connectivity index (χ0) is 16.7. The van der Waals surface area contributed by atoms with E-state index in [1.807, 2.05) is 13.0 Å². The van der Waals surface area contributed by atoms with Gasteiger partial charge in [0.1, 0.15) is 11.4 Å². The Kier molecular flexibility index (Phi) is 2.87. The van der Waals surface area contributed by atoms with E-state index < -0.39 is 11.0 Å². The SMILES string of the molecule is C=C[C@@]1(C)CC[C@]2(C)[C@@H](C1)C(=O)C[C@H]1[C@]3(C)CCC[C@@]12OC3=O. The zero-order valence-electron chi connectivity index (χ0n) is 14.6. The van der Waals surface area contributed by atoms with Crippen LogP contribution in [0.2, 0.25) is 0 Å². The Hall–Kier alpha value is -1.12. The van der Waals surface area contributed by atoms with Crippen LogP contribution in [0.4, 0.5) is 0 Å². The molecule has 0 spiro atoms. The number of ketones is 1. The maximum Gasteiger partial charge on any atom is 0.312 e. The molecule has 3 nitrogen and oxygen atoms in total. The lowest BCUT2D eigenvalue weighted by atomic mass is 9.42. The molecule has 0 aromatic heterocycles. The minimum absolute atomic E-state index is 0.00347. The molecule has 0 N–H and O–H groups in total. The smallest absolute Gasteiger partial charge is 0.312 e. The Balaban J connectivity index is 1.83. The van der Waals surface area contributed by atoms with E-state index in [1.165, 1.54) is 0 Å². The van der Waals surface area contributed by atoms with Crippen LogP contribution in [0.15, 0.2) is 12.7 Å². The largest absolute Gasteiger partial charge is 0.458 e. The highest BCUT2D eigenvalue weighted by Gasteiger charge is 2.75. The summed E-state index contributed by atoms with van der Waals surface area (Å²) in [6.07, 6.45) is 8.22. The van der Waals surface area contributed by atoms with E-state index in [1.54, 1.807) is 0 Å². The lowest BCUT2D eigenvalue weighted by Gasteiger charge is -2.61. The number of Topliss-reactive ketones (excluding diaryl/α,β-unsaturated/α-hetero) is 1. The van der Waals surface area contributed by atoms with Crippen LogP contribution >= 0.6 is 0 Å². The van der Waals surface area contributed by atoms with E-state index in [-0.39, 0.29) is 28.6 Å². The molecule has 4 fully saturated rings. The standard InChI is InChI=1S/C20H28O3/c1-5-17(2)9-10-19(4)13(12-17)14(21)11-15-18(3)7-6-8-20(15,19)23-16(18)22/h5,13,15H,1,6-12H2,2-4H3/t13-,15-,17-,18-,19+,20+/m0/s1. The van der Waals surface area contributed by atoms with E-state index in [4.69, 9.17) is 4.74 Å². The molecule has 0 unspecified atom stereocenters. The summed E-state index contributed by atoms with van der Waals surface area (Å²) in [5, 5.41) is 0. The molecule has 3 aliphatic carbocycles. The van der Waals surface area contributed by atoms with Crippen LogP contribution in [0.25, 0.3) is 0 Å². The van der Waals surface area contributed by atoms with E-state index in [0.717, 1.165) is 38.5 Å². The van der Waals surface area contributed by atoms with Crippen molar-refractivity contribution in [3.63, 3.8) is 0 Å². The molecule has 0 aromatic rings. The van der Waals surface area contributed by atoms with Crippen molar-refractivity contribution in [1.82, 2.24) is 0 Å². The Morgan fingerprint density at radius 2 is 1.87 bits per heavy atom. The fraction of sp³-hybridized carbons (Fsp3) is 0.800. The van der Waals surface area contributed by atoms with Gasteiger partial charge in [0.2, 0.25) is 0 Å². The average molecular weight is 316 g/mol. The van der Waals surface area contributed by atoms with Gasteiger partial charge in [-0.3, -0.25) is 9.59 Å². The van der Waals surface area contributed by atoms with E-state index in [2.05, 4.69) is 20.4 Å². The lowest BCUT2D eigenvalue weighted by molar-refractivity contribution is -0.202. The highest BCUT2D eigenvalue weighted by molar-refractivity contribution is 5.89. The summed E-state index contributed by atoms with van der Waals surface area (Å²) >= 11 is 0. The highest BCUT2D eigenvalue weighted by atomic mass is 16.6. The van der Waals surface area contributed by atoms with Crippen molar-refractivity contribution in [2.75, 3.05) is 0 Å². The summed E-state index contributed by atoms with van der Waals surface area (Å²) in [4.78, 5) is 25.8. The quantitative estimate of drug-likeness (QED) is 0.541. The molecular weight excluding hydrogens is 288 g/mol. The number of allylic oxidation sites excluding steroid dienone is 1. The molecule has 1 saturated heterocycles. The molecule has 2 bridgehead atoms. The van der Waals surface area contributed by atoms with Gasteiger partial charge in [-0.2, -0.15) is 0 Å². The van der Waals surface area contributed by atoms with Crippen LogP contribution in [0.1, 0.15) is 65.7 Å². The number of carbonyl (C=O) groups excluding carboxylic acids is 2. The molecule has 4 rings (SSSR count). The number of fused-ring (bicyclic) bond motifs is 1. The normalized spacial score (nSPS) is 54.9. The molecule has 0 radical (unpaired) electrons. The van der Waals surface area contributed by atoms with Crippen LogP contribution in [0.5, 0.6) is 0 Å². The highest BCUT2D eigenvalue weighted by Crippen LogP contribution is 2.70. The van der Waals surface area contributed by atoms with Gasteiger partial charge in [-0.15, -0.1) is 6.58 Å². The third kappa shape index (κ3) is 1.62. The number of esters is 1. The Bertz CT molecular complexity index is 610. The summed E-state index contributed by atoms with van der Waals surface area (Å²) in [5.41, 5.74) is -1.02. The van der Waals surface area contributed by atoms with Crippen LogP contribution in [0, 0.1) is 28.1 Å². The number of carbonyl (C=O) groups is 2. The molecule has 126 valence electrons. The van der Waals surface area contributed by atoms with E-state index >= 15 is 0 Å². The molecule has 3 saturated carbocycles. The minimum atomic E-state index is -0.443. The number of hydrogen-bond acceptors (Lipinski definition) is 3. The summed E-state index contributed by atoms with van der Waals surface area (Å²) in [6, 6.07) is 0. The van der Waals surface area contributed by atoms with Gasteiger partial charge in [-0.25, -0.2) is 0 Å². The van der Waals surface area contributed by atoms with Crippen molar-refractivity contribution in [1.29, 1.82) is 0 Å². The second-order valence-corrected chi connectivity index (χ2v) is 9.31. The van der Waals surface area contributed by atoms with Gasteiger partial charge < -0.3 is 4.74 Å². The van der Waals surface area contributed by atoms with Crippen LogP contribution in [0.3, 0.4) is 0 Å². The van der Waals surface area contributed by atoms with Gasteiger partial charge in [-0.1, -0.05) is 19.9 Å². The van der Waals surface area contributed by atoms with Gasteiger partial charge >= 0.3 is 5.97 Å². The van der Waals surface area contributed by atoms with E-state index in [0.29, 0.717) is 12.2 Å². The minimum Gasteiger partial charge on any atom is -0.458 e. The first-order valence-electron chi connectivity index (χ1n) is 9.11. The van der Waals surface area contributed by atoms with Gasteiger partial charge in [-0.05, 0) is 50.9 Å². The number of ether oxygens (including phenoxy) is 1. The molecular formula is C20H28O3. The van der Waals surface area contributed by atoms with Crippen LogP contribution in [-0.2, 0) is 14.3 Å². The third-order valence-corrected chi connectivity index (χ3v) is 8.23. The first kappa shape index (κ1) is 15.4. The summed E-state index contributed by atoms with van der Waals surface area (Å²) in [7, 11) is 0. The topological polar surface area (TPSA) is 43.4 Å². The van der Waals surface area contributed by atoms with Crippen molar-refractivity contribution >= 4 is 11.8 Å². The predicted octanol–water partition coefficient (Wildman–Crippen LogP) is 4.06. The number of hydrogen-bond donors (Lipinski definition) is 0. The molecule has 1 aliphatic heterocycles. The maximum absolute atomic E-state index is 13.1. The fourth-order valence-electron chi connectivity index (χ4n) is 6.44. The molecule has 6 atom stereocenters. The first-order valence-corrected chi connectivity index (χ1v) is 9.11. The van der Waals surface area contributed by atoms with E-state index in [9.17, 15) is 9.59 Å². The van der Waals surface area contributed by atoms with Crippen molar-refractivity contribution in [2.24, 2.45) is 28.1 Å². The Morgan fingerprint density at radius 3 is 2.57 bits per heavy atom.